The molecule has 0 amide bonds. The molecule has 4 heteroatoms. The summed E-state index contributed by atoms with van der Waals surface area (Å²) in [4.78, 5) is 0. The zero-order chi connectivity index (χ0) is 8.12. The third kappa shape index (κ3) is 2880. The van der Waals surface area contributed by atoms with Crippen molar-refractivity contribution in [2.45, 2.75) is 0 Å². The summed E-state index contributed by atoms with van der Waals surface area (Å²) in [7, 11) is 9.75. The molecule has 0 aromatic rings. The van der Waals surface area contributed by atoms with E-state index in [1.165, 1.54) is 0 Å². The molecule has 3 nitrogen and oxygen atoms in total. The van der Waals surface area contributed by atoms with Crippen LogP contribution in [-0.4, -0.2) is 42.7 Å². The molecule has 0 fully saturated rings. The van der Waals surface area contributed by atoms with Crippen LogP contribution in [0.25, 0.3) is 0 Å². The zero-order valence-corrected chi connectivity index (χ0v) is 8.47. The van der Waals surface area contributed by atoms with Gasteiger partial charge in [-0.3, -0.25) is 0 Å². The van der Waals surface area contributed by atoms with Crippen molar-refractivity contribution in [1.82, 2.24) is 0 Å². The van der Waals surface area contributed by atoms with Gasteiger partial charge in [0.15, 0.2) is 0 Å². The van der Waals surface area contributed by atoms with Gasteiger partial charge in [-0.25, -0.2) is 0 Å². The van der Waals surface area contributed by atoms with Gasteiger partial charge in [0.1, 0.15) is 0 Å². The second kappa shape index (κ2) is 57.4. The summed E-state index contributed by atoms with van der Waals surface area (Å²) in [5.74, 6) is 0. The molecule has 0 aromatic heterocycles. The van der Waals surface area contributed by atoms with Crippen molar-refractivity contribution in [3.8, 4) is 0 Å². The fourth-order valence-corrected chi connectivity index (χ4v) is 0. The number of methoxy groups -OCH3 is 3. The molecule has 0 saturated heterocycles. The van der Waals surface area contributed by atoms with E-state index < -0.39 is 0 Å². The first-order valence-electron chi connectivity index (χ1n) is 2.45. The predicted molar refractivity (Wildman–Crippen MR) is 38.8 cm³/mol. The Hall–Kier alpha value is 0.399. The van der Waals surface area contributed by atoms with E-state index in [4.69, 9.17) is 0 Å². The normalized spacial score (nSPS) is 5.40. The fraction of sp³-hybridized carbons (Fsp3) is 1.00. The first-order valence-corrected chi connectivity index (χ1v) is 2.45. The molecule has 0 atom stereocenters. The number of hydrogen-bond donors (Lipinski definition) is 0. The van der Waals surface area contributed by atoms with E-state index in [1.807, 2.05) is 0 Å². The third-order valence-electron chi connectivity index (χ3n) is 0. The van der Waals surface area contributed by atoms with Gasteiger partial charge in [0, 0.05) is 42.7 Å². The molecule has 0 unspecified atom stereocenters. The minimum Gasteiger partial charge on any atom is -0.388 e. The quantitative estimate of drug-likeness (QED) is 0.543. The Labute approximate surface area is 74.5 Å². The van der Waals surface area contributed by atoms with Crippen LogP contribution < -0.4 is 0 Å². The van der Waals surface area contributed by atoms with Gasteiger partial charge in [0.05, 0.1) is 0 Å². The maximum atomic E-state index is 4.25. The molecule has 70 valence electrons. The van der Waals surface area contributed by atoms with Gasteiger partial charge in [-0.1, -0.05) is 0 Å². The molecule has 0 saturated carbocycles. The van der Waals surface area contributed by atoms with E-state index in [0.717, 1.165) is 0 Å². The van der Waals surface area contributed by atoms with Gasteiger partial charge in [-0.2, -0.15) is 0 Å². The average Bonchev–Trinajstić information content (AvgIpc) is 1.70. The molecule has 0 aliphatic rings. The van der Waals surface area contributed by atoms with E-state index in [0.29, 0.717) is 0 Å². The SMILES string of the molecule is COC.COC.COC.[Cu+]. The Morgan fingerprint density at radius 3 is 0.500 bits per heavy atom. The maximum Gasteiger partial charge on any atom is 1.00 e. The first-order chi connectivity index (χ1) is 4.24. The standard InChI is InChI=1S/3C2H6O.Cu/c3*1-3-2;/h3*1-2H3;/q;;;+1. The van der Waals surface area contributed by atoms with E-state index in [9.17, 15) is 0 Å². The van der Waals surface area contributed by atoms with Gasteiger partial charge in [-0.05, 0) is 0 Å². The summed E-state index contributed by atoms with van der Waals surface area (Å²) >= 11 is 0. The van der Waals surface area contributed by atoms with Gasteiger partial charge >= 0.3 is 17.1 Å². The molecule has 0 heterocycles. The van der Waals surface area contributed by atoms with Crippen molar-refractivity contribution < 1.29 is 31.3 Å². The van der Waals surface area contributed by atoms with Crippen LogP contribution in [0.15, 0.2) is 0 Å². The number of rotatable bonds is 0. The topological polar surface area (TPSA) is 27.7 Å². The summed E-state index contributed by atoms with van der Waals surface area (Å²) in [6.07, 6.45) is 0. The van der Waals surface area contributed by atoms with Crippen molar-refractivity contribution in [1.29, 1.82) is 0 Å². The van der Waals surface area contributed by atoms with Crippen molar-refractivity contribution in [2.75, 3.05) is 42.7 Å². The minimum atomic E-state index is 0. The molecule has 10 heavy (non-hydrogen) atoms. The van der Waals surface area contributed by atoms with Crippen molar-refractivity contribution in [3.63, 3.8) is 0 Å². The van der Waals surface area contributed by atoms with Gasteiger partial charge in [0.25, 0.3) is 0 Å². The summed E-state index contributed by atoms with van der Waals surface area (Å²) in [6.45, 7) is 0. The molecular weight excluding hydrogens is 184 g/mol. The molecule has 0 spiro atoms. The molecule has 0 radical (unpaired) electrons. The summed E-state index contributed by atoms with van der Waals surface area (Å²) < 4.78 is 12.8. The Morgan fingerprint density at radius 2 is 0.500 bits per heavy atom. The Bertz CT molecular complexity index is 17.7. The molecule has 0 aliphatic carbocycles. The monoisotopic (exact) mass is 201 g/mol. The molecular formula is C6H18CuO3+. The van der Waals surface area contributed by atoms with Crippen LogP contribution in [0.1, 0.15) is 0 Å². The Balaban J connectivity index is -0.0000000257. The summed E-state index contributed by atoms with van der Waals surface area (Å²) in [5.41, 5.74) is 0. The molecule has 0 bridgehead atoms. The molecule has 0 N–H and O–H groups in total. The number of hydrogen-bond acceptors (Lipinski definition) is 3. The van der Waals surface area contributed by atoms with E-state index in [2.05, 4.69) is 14.2 Å². The van der Waals surface area contributed by atoms with Crippen LogP contribution >= 0.6 is 0 Å². The second-order valence-corrected chi connectivity index (χ2v) is 1.22. The van der Waals surface area contributed by atoms with Crippen LogP contribution in [0.3, 0.4) is 0 Å². The smallest absolute Gasteiger partial charge is 0.388 e. The third-order valence-corrected chi connectivity index (χ3v) is 0. The van der Waals surface area contributed by atoms with Crippen molar-refractivity contribution in [2.24, 2.45) is 0 Å². The van der Waals surface area contributed by atoms with Crippen LogP contribution in [0.5, 0.6) is 0 Å². The second-order valence-electron chi connectivity index (χ2n) is 1.22. The van der Waals surface area contributed by atoms with E-state index in [-0.39, 0.29) is 17.1 Å². The zero-order valence-electron chi connectivity index (χ0n) is 7.53. The van der Waals surface area contributed by atoms with Crippen molar-refractivity contribution in [3.05, 3.63) is 0 Å². The van der Waals surface area contributed by atoms with Gasteiger partial charge < -0.3 is 14.2 Å². The van der Waals surface area contributed by atoms with Crippen LogP contribution in [0, 0.1) is 0 Å². The van der Waals surface area contributed by atoms with E-state index in [1.54, 1.807) is 42.7 Å². The van der Waals surface area contributed by atoms with Crippen LogP contribution in [0.4, 0.5) is 0 Å². The largest absolute Gasteiger partial charge is 1.00 e. The maximum absolute atomic E-state index is 4.25. The predicted octanol–water partition coefficient (Wildman–Crippen LogP) is 0.785. The number of ether oxygens (including phenoxy) is 3. The van der Waals surface area contributed by atoms with Crippen LogP contribution in [-0.2, 0) is 31.3 Å². The Morgan fingerprint density at radius 1 is 0.500 bits per heavy atom. The summed E-state index contributed by atoms with van der Waals surface area (Å²) in [6, 6.07) is 0. The summed E-state index contributed by atoms with van der Waals surface area (Å²) in [5, 5.41) is 0. The first kappa shape index (κ1) is 22.4. The van der Waals surface area contributed by atoms with Gasteiger partial charge in [0.2, 0.25) is 0 Å². The van der Waals surface area contributed by atoms with Gasteiger partial charge in [-0.15, -0.1) is 0 Å². The minimum absolute atomic E-state index is 0. The van der Waals surface area contributed by atoms with Crippen LogP contribution in [0.2, 0.25) is 0 Å². The van der Waals surface area contributed by atoms with E-state index >= 15 is 0 Å². The van der Waals surface area contributed by atoms with Crippen molar-refractivity contribution >= 4 is 0 Å². The molecule has 0 rings (SSSR count). The fourth-order valence-electron chi connectivity index (χ4n) is 0. The molecule has 0 aromatic carbocycles. The average molecular weight is 202 g/mol. The Kier molecular flexibility index (Phi) is 129. The molecule has 0 aliphatic heterocycles.